The maximum absolute atomic E-state index is 12.3. The molecule has 1 aliphatic heterocycles. The van der Waals surface area contributed by atoms with Gasteiger partial charge in [-0.3, -0.25) is 9.59 Å². The van der Waals surface area contributed by atoms with E-state index in [-0.39, 0.29) is 24.2 Å². The zero-order chi connectivity index (χ0) is 16.2. The number of hydrogen-bond acceptors (Lipinski definition) is 6. The zero-order valence-corrected chi connectivity index (χ0v) is 13.4. The van der Waals surface area contributed by atoms with Crippen LogP contribution in [0.3, 0.4) is 0 Å². The van der Waals surface area contributed by atoms with Gasteiger partial charge in [-0.05, 0) is 18.1 Å². The normalized spacial score (nSPS) is 16.1. The van der Waals surface area contributed by atoms with Gasteiger partial charge in [-0.25, -0.2) is 4.98 Å². The number of carbonyl (C=O) groups is 2. The molecule has 6 nitrogen and oxygen atoms in total. The third kappa shape index (κ3) is 3.68. The standard InChI is InChI=1S/C16H16N2O4S/c1-21-14(19)7-12-9-23-16(17-12)18-15(20)11-6-10-4-2-3-5-13(10)22-8-11/h2-5,9,11H,6-8H2,1H3,(H,17,18,20). The number of ether oxygens (including phenoxy) is 2. The van der Waals surface area contributed by atoms with E-state index in [9.17, 15) is 9.59 Å². The fourth-order valence-corrected chi connectivity index (χ4v) is 3.08. The van der Waals surface area contributed by atoms with Crippen LogP contribution in [-0.2, 0) is 27.2 Å². The van der Waals surface area contributed by atoms with Gasteiger partial charge in [0.15, 0.2) is 5.13 Å². The largest absolute Gasteiger partial charge is 0.492 e. The van der Waals surface area contributed by atoms with Crippen molar-refractivity contribution in [2.75, 3.05) is 19.0 Å². The lowest BCUT2D eigenvalue weighted by Crippen LogP contribution is -2.32. The summed E-state index contributed by atoms with van der Waals surface area (Å²) in [6.07, 6.45) is 0.741. The molecular weight excluding hydrogens is 316 g/mol. The molecule has 1 aromatic heterocycles. The van der Waals surface area contributed by atoms with E-state index >= 15 is 0 Å². The maximum Gasteiger partial charge on any atom is 0.311 e. The van der Waals surface area contributed by atoms with E-state index in [0.717, 1.165) is 11.3 Å². The van der Waals surface area contributed by atoms with Crippen LogP contribution < -0.4 is 10.1 Å². The molecule has 0 fully saturated rings. The van der Waals surface area contributed by atoms with Crippen molar-refractivity contribution in [2.24, 2.45) is 5.92 Å². The summed E-state index contributed by atoms with van der Waals surface area (Å²) in [4.78, 5) is 27.8. The maximum atomic E-state index is 12.3. The summed E-state index contributed by atoms with van der Waals surface area (Å²) in [5.74, 6) is 0.105. The average Bonchev–Trinajstić information content (AvgIpc) is 3.01. The number of thiazole rings is 1. The summed E-state index contributed by atoms with van der Waals surface area (Å²) >= 11 is 1.29. The Morgan fingerprint density at radius 3 is 3.09 bits per heavy atom. The van der Waals surface area contributed by atoms with Crippen LogP contribution in [0.2, 0.25) is 0 Å². The highest BCUT2D eigenvalue weighted by Gasteiger charge is 2.26. The quantitative estimate of drug-likeness (QED) is 0.867. The highest BCUT2D eigenvalue weighted by atomic mass is 32.1. The zero-order valence-electron chi connectivity index (χ0n) is 12.6. The number of fused-ring (bicyclic) bond motifs is 1. The molecule has 1 aromatic carbocycles. The molecule has 2 aromatic rings. The van der Waals surface area contributed by atoms with E-state index in [1.54, 1.807) is 5.38 Å². The van der Waals surface area contributed by atoms with Crippen LogP contribution >= 0.6 is 11.3 Å². The first-order valence-electron chi connectivity index (χ1n) is 7.18. The second-order valence-corrected chi connectivity index (χ2v) is 6.06. The summed E-state index contributed by atoms with van der Waals surface area (Å²) in [5, 5.41) is 5.01. The lowest BCUT2D eigenvalue weighted by Gasteiger charge is -2.24. The third-order valence-corrected chi connectivity index (χ3v) is 4.39. The number of aromatic nitrogens is 1. The number of nitrogens with zero attached hydrogens (tertiary/aromatic N) is 1. The van der Waals surface area contributed by atoms with E-state index in [2.05, 4.69) is 15.0 Å². The number of hydrogen-bond donors (Lipinski definition) is 1. The number of rotatable bonds is 4. The summed E-state index contributed by atoms with van der Waals surface area (Å²) in [7, 11) is 1.33. The minimum Gasteiger partial charge on any atom is -0.492 e. The minimum atomic E-state index is -0.356. The minimum absolute atomic E-state index is 0.1000. The van der Waals surface area contributed by atoms with Crippen LogP contribution in [-0.4, -0.2) is 30.6 Å². The summed E-state index contributed by atoms with van der Waals surface area (Å²) in [5.41, 5.74) is 1.62. The van der Waals surface area contributed by atoms with Gasteiger partial charge in [-0.2, -0.15) is 0 Å². The van der Waals surface area contributed by atoms with Gasteiger partial charge < -0.3 is 14.8 Å². The molecule has 7 heteroatoms. The highest BCUT2D eigenvalue weighted by molar-refractivity contribution is 7.13. The lowest BCUT2D eigenvalue weighted by molar-refractivity contribution is -0.139. The molecule has 120 valence electrons. The Kier molecular flexibility index (Phi) is 4.57. The molecular formula is C16H16N2O4S. The van der Waals surface area contributed by atoms with E-state index < -0.39 is 0 Å². The van der Waals surface area contributed by atoms with Crippen LogP contribution in [0.5, 0.6) is 5.75 Å². The van der Waals surface area contributed by atoms with Crippen molar-refractivity contribution in [3.05, 3.63) is 40.9 Å². The van der Waals surface area contributed by atoms with Gasteiger partial charge in [0.25, 0.3) is 0 Å². The molecule has 1 N–H and O–H groups in total. The van der Waals surface area contributed by atoms with E-state index in [0.29, 0.717) is 23.9 Å². The molecule has 0 saturated heterocycles. The molecule has 1 atom stereocenters. The Labute approximate surface area is 137 Å². The monoisotopic (exact) mass is 332 g/mol. The third-order valence-electron chi connectivity index (χ3n) is 3.58. The number of carbonyl (C=O) groups excluding carboxylic acids is 2. The van der Waals surface area contributed by atoms with Crippen LogP contribution in [0.25, 0.3) is 0 Å². The van der Waals surface area contributed by atoms with Crippen LogP contribution in [0.15, 0.2) is 29.6 Å². The van der Waals surface area contributed by atoms with E-state index in [1.165, 1.54) is 18.4 Å². The number of nitrogens with one attached hydrogen (secondary N) is 1. The van der Waals surface area contributed by atoms with Crippen LogP contribution in [0, 0.1) is 5.92 Å². The van der Waals surface area contributed by atoms with E-state index in [1.807, 2.05) is 24.3 Å². The van der Waals surface area contributed by atoms with Gasteiger partial charge in [-0.1, -0.05) is 18.2 Å². The van der Waals surface area contributed by atoms with Gasteiger partial charge in [0.1, 0.15) is 12.4 Å². The molecule has 0 saturated carbocycles. The Balaban J connectivity index is 1.61. The van der Waals surface area contributed by atoms with Gasteiger partial charge in [0.05, 0.1) is 25.1 Å². The predicted octanol–water partition coefficient (Wildman–Crippen LogP) is 2.05. The van der Waals surface area contributed by atoms with Gasteiger partial charge in [0, 0.05) is 5.38 Å². The van der Waals surface area contributed by atoms with Crippen LogP contribution in [0.1, 0.15) is 11.3 Å². The van der Waals surface area contributed by atoms with Crippen molar-refractivity contribution >= 4 is 28.3 Å². The Morgan fingerprint density at radius 1 is 1.43 bits per heavy atom. The van der Waals surface area contributed by atoms with Crippen molar-refractivity contribution < 1.29 is 19.1 Å². The van der Waals surface area contributed by atoms with Gasteiger partial charge >= 0.3 is 5.97 Å². The molecule has 23 heavy (non-hydrogen) atoms. The molecule has 0 aliphatic carbocycles. The molecule has 0 spiro atoms. The Bertz CT molecular complexity index is 728. The smallest absolute Gasteiger partial charge is 0.311 e. The second-order valence-electron chi connectivity index (χ2n) is 5.21. The number of amides is 1. The molecule has 2 heterocycles. The first kappa shape index (κ1) is 15.5. The number of esters is 1. The van der Waals surface area contributed by atoms with Gasteiger partial charge in [0.2, 0.25) is 5.91 Å². The molecule has 0 bridgehead atoms. The summed E-state index contributed by atoms with van der Waals surface area (Å²) in [6.45, 7) is 0.350. The van der Waals surface area contributed by atoms with Crippen molar-refractivity contribution in [3.8, 4) is 5.75 Å². The number of para-hydroxylation sites is 1. The topological polar surface area (TPSA) is 77.5 Å². The van der Waals surface area contributed by atoms with Gasteiger partial charge in [-0.15, -0.1) is 11.3 Å². The van der Waals surface area contributed by atoms with Crippen LogP contribution in [0.4, 0.5) is 5.13 Å². The summed E-state index contributed by atoms with van der Waals surface area (Å²) in [6, 6.07) is 7.72. The average molecular weight is 332 g/mol. The first-order valence-corrected chi connectivity index (χ1v) is 8.06. The fraction of sp³-hybridized carbons (Fsp3) is 0.312. The highest BCUT2D eigenvalue weighted by Crippen LogP contribution is 2.27. The Morgan fingerprint density at radius 2 is 2.26 bits per heavy atom. The molecule has 1 amide bonds. The molecule has 3 rings (SSSR count). The van der Waals surface area contributed by atoms with Crippen molar-refractivity contribution in [1.29, 1.82) is 0 Å². The van der Waals surface area contributed by atoms with Crippen molar-refractivity contribution in [3.63, 3.8) is 0 Å². The first-order chi connectivity index (χ1) is 11.2. The fourth-order valence-electron chi connectivity index (χ4n) is 2.37. The Hall–Kier alpha value is -2.41. The lowest BCUT2D eigenvalue weighted by atomic mass is 9.96. The van der Waals surface area contributed by atoms with Crippen molar-refractivity contribution in [1.82, 2.24) is 4.98 Å². The van der Waals surface area contributed by atoms with Crippen molar-refractivity contribution in [2.45, 2.75) is 12.8 Å². The number of benzene rings is 1. The second kappa shape index (κ2) is 6.78. The summed E-state index contributed by atoms with van der Waals surface area (Å²) < 4.78 is 10.2. The number of methoxy groups -OCH3 is 1. The molecule has 0 radical (unpaired) electrons. The molecule has 1 unspecified atom stereocenters. The number of anilines is 1. The molecule has 1 aliphatic rings. The predicted molar refractivity (Wildman–Crippen MR) is 85.6 cm³/mol. The van der Waals surface area contributed by atoms with E-state index in [4.69, 9.17) is 4.74 Å². The SMILES string of the molecule is COC(=O)Cc1csc(NC(=O)C2COc3ccccc3C2)n1.